The van der Waals surface area contributed by atoms with Gasteiger partial charge >= 0.3 is 0 Å². The van der Waals surface area contributed by atoms with E-state index in [-0.39, 0.29) is 0 Å². The molecule has 2 heterocycles. The highest BCUT2D eigenvalue weighted by molar-refractivity contribution is 7.26. The van der Waals surface area contributed by atoms with Gasteiger partial charge in [-0.3, -0.25) is 0 Å². The van der Waals surface area contributed by atoms with E-state index in [1.54, 1.807) is 0 Å². The molecule has 276 valence electrons. The minimum Gasteiger partial charge on any atom is -0.310 e. The molecule has 0 unspecified atom stereocenters. The van der Waals surface area contributed by atoms with E-state index in [4.69, 9.17) is 0 Å². The summed E-state index contributed by atoms with van der Waals surface area (Å²) < 4.78 is 4.95. The third-order valence-electron chi connectivity index (χ3n) is 12.0. The zero-order valence-corrected chi connectivity index (χ0v) is 32.9. The Morgan fingerprint density at radius 3 is 1.81 bits per heavy atom. The first-order chi connectivity index (χ1) is 29.3. The van der Waals surface area contributed by atoms with Crippen LogP contribution in [0, 0.1) is 0 Å². The van der Waals surface area contributed by atoms with Gasteiger partial charge in [-0.05, 0) is 104 Å². The van der Waals surface area contributed by atoms with Gasteiger partial charge in [-0.1, -0.05) is 158 Å². The number of anilines is 3. The van der Waals surface area contributed by atoms with Gasteiger partial charge in [-0.2, -0.15) is 0 Å². The van der Waals surface area contributed by atoms with Crippen LogP contribution in [-0.2, 0) is 0 Å². The van der Waals surface area contributed by atoms with Crippen molar-refractivity contribution >= 4 is 91.9 Å². The summed E-state index contributed by atoms with van der Waals surface area (Å²) in [6.45, 7) is 0. The summed E-state index contributed by atoms with van der Waals surface area (Å²) in [5.41, 5.74) is 11.9. The van der Waals surface area contributed by atoms with Crippen LogP contribution in [0.1, 0.15) is 0 Å². The normalized spacial score (nSPS) is 11.7. The Bertz CT molecular complexity index is 3500. The molecule has 59 heavy (non-hydrogen) atoms. The van der Waals surface area contributed by atoms with Gasteiger partial charge in [0.25, 0.3) is 0 Å². The first kappa shape index (κ1) is 33.7. The second kappa shape index (κ2) is 13.6. The van der Waals surface area contributed by atoms with E-state index in [2.05, 4.69) is 228 Å². The fourth-order valence-electron chi connectivity index (χ4n) is 9.32. The number of benzene rings is 10. The molecular weight excluding hydrogens is 733 g/mol. The predicted molar refractivity (Wildman–Crippen MR) is 254 cm³/mol. The van der Waals surface area contributed by atoms with Gasteiger partial charge in [0.1, 0.15) is 0 Å². The molecular formula is C56H36N2S. The maximum Gasteiger partial charge on any atom is 0.0555 e. The molecule has 0 aliphatic carbocycles. The third-order valence-corrected chi connectivity index (χ3v) is 13.2. The molecule has 2 aromatic heterocycles. The van der Waals surface area contributed by atoms with Crippen LogP contribution in [0.5, 0.6) is 0 Å². The summed E-state index contributed by atoms with van der Waals surface area (Å²) in [6.07, 6.45) is 0. The van der Waals surface area contributed by atoms with Crippen LogP contribution in [0.15, 0.2) is 218 Å². The zero-order valence-electron chi connectivity index (χ0n) is 32.1. The van der Waals surface area contributed by atoms with E-state index < -0.39 is 0 Å². The lowest BCUT2D eigenvalue weighted by atomic mass is 9.94. The summed E-state index contributed by atoms with van der Waals surface area (Å²) in [5, 5.41) is 10.1. The largest absolute Gasteiger partial charge is 0.310 e. The molecule has 0 aliphatic heterocycles. The highest BCUT2D eigenvalue weighted by Gasteiger charge is 2.22. The molecule has 2 nitrogen and oxygen atoms in total. The fourth-order valence-corrected chi connectivity index (χ4v) is 10.6. The van der Waals surface area contributed by atoms with E-state index in [0.29, 0.717) is 0 Å². The number of hydrogen-bond acceptors (Lipinski definition) is 2. The molecule has 0 N–H and O–H groups in total. The average molecular weight is 769 g/mol. The van der Waals surface area contributed by atoms with E-state index >= 15 is 0 Å². The van der Waals surface area contributed by atoms with Crippen LogP contribution in [0.3, 0.4) is 0 Å². The van der Waals surface area contributed by atoms with Crippen molar-refractivity contribution in [1.29, 1.82) is 0 Å². The van der Waals surface area contributed by atoms with E-state index in [1.165, 1.54) is 85.8 Å². The number of aromatic nitrogens is 1. The number of para-hydroxylation sites is 3. The highest BCUT2D eigenvalue weighted by Crippen LogP contribution is 2.49. The SMILES string of the molecule is c1ccc(N(c2cccc(-c3cccc4c3ccc3ccccc34)c2)c2ccc(-c3ccc(-n4c5ccccc5c5ccccc54)cc3)c3sc4ccccc4c23)cc1. The number of fused-ring (bicyclic) bond motifs is 9. The lowest BCUT2D eigenvalue weighted by Gasteiger charge is -2.27. The molecule has 0 aliphatic rings. The third kappa shape index (κ3) is 5.40. The Labute approximate surface area is 346 Å². The quantitative estimate of drug-likeness (QED) is 0.153. The van der Waals surface area contributed by atoms with Gasteiger partial charge in [-0.25, -0.2) is 0 Å². The molecule has 3 heteroatoms. The molecule has 0 saturated heterocycles. The molecule has 12 rings (SSSR count). The summed E-state index contributed by atoms with van der Waals surface area (Å²) in [4.78, 5) is 2.45. The zero-order chi connectivity index (χ0) is 38.9. The Morgan fingerprint density at radius 2 is 1.02 bits per heavy atom. The van der Waals surface area contributed by atoms with Crippen LogP contribution in [0.2, 0.25) is 0 Å². The molecule has 0 bridgehead atoms. The molecule has 0 radical (unpaired) electrons. The lowest BCUT2D eigenvalue weighted by Crippen LogP contribution is -2.10. The van der Waals surface area contributed by atoms with Gasteiger partial charge in [0.15, 0.2) is 0 Å². The van der Waals surface area contributed by atoms with Crippen molar-refractivity contribution in [3.8, 4) is 27.9 Å². The van der Waals surface area contributed by atoms with Crippen LogP contribution >= 0.6 is 11.3 Å². The first-order valence-corrected chi connectivity index (χ1v) is 21.0. The van der Waals surface area contributed by atoms with Crippen LogP contribution in [0.4, 0.5) is 17.1 Å². The van der Waals surface area contributed by atoms with Crippen molar-refractivity contribution < 1.29 is 0 Å². The van der Waals surface area contributed by atoms with Crippen molar-refractivity contribution in [1.82, 2.24) is 4.57 Å². The van der Waals surface area contributed by atoms with Crippen molar-refractivity contribution in [3.63, 3.8) is 0 Å². The van der Waals surface area contributed by atoms with Gasteiger partial charge in [0.05, 0.1) is 16.7 Å². The topological polar surface area (TPSA) is 8.17 Å². The number of rotatable bonds is 6. The molecule has 0 fully saturated rings. The summed E-state index contributed by atoms with van der Waals surface area (Å²) in [6, 6.07) is 79.9. The van der Waals surface area contributed by atoms with E-state index in [0.717, 1.165) is 22.7 Å². The number of hydrogen-bond donors (Lipinski definition) is 0. The molecule has 0 spiro atoms. The van der Waals surface area contributed by atoms with Crippen molar-refractivity contribution in [3.05, 3.63) is 218 Å². The minimum atomic E-state index is 1.12. The van der Waals surface area contributed by atoms with Gasteiger partial charge in [0.2, 0.25) is 0 Å². The summed E-state index contributed by atoms with van der Waals surface area (Å²) in [7, 11) is 0. The van der Waals surface area contributed by atoms with E-state index in [1.807, 2.05) is 11.3 Å². The molecule has 0 atom stereocenters. The number of thiophene rings is 1. The predicted octanol–water partition coefficient (Wildman–Crippen LogP) is 16.3. The monoisotopic (exact) mass is 768 g/mol. The van der Waals surface area contributed by atoms with E-state index in [9.17, 15) is 0 Å². The minimum absolute atomic E-state index is 1.12. The maximum atomic E-state index is 2.45. The number of nitrogens with zero attached hydrogens (tertiary/aromatic N) is 2. The Hall–Kier alpha value is -7.46. The molecule has 0 saturated carbocycles. The molecule has 10 aromatic carbocycles. The Kier molecular flexibility index (Phi) is 7.75. The van der Waals surface area contributed by atoms with Crippen molar-refractivity contribution in [2.24, 2.45) is 0 Å². The van der Waals surface area contributed by atoms with Crippen LogP contribution < -0.4 is 4.90 Å². The lowest BCUT2D eigenvalue weighted by molar-refractivity contribution is 1.18. The second-order valence-corrected chi connectivity index (χ2v) is 16.3. The standard InChI is InChI=1S/C56H36N2S/c1-2-16-40(17-3-1)57(42-18-12-15-39(36-42)44-23-13-24-46-43-19-5-4-14-37(43)30-33-47(44)46)53-35-34-45(56-55(53)50-22-8-11-27-54(50)59-56)38-28-31-41(32-29-38)58-51-25-9-6-20-48(51)49-21-7-10-26-52(49)58/h1-36H. The molecule has 0 amide bonds. The Balaban J connectivity index is 1.03. The van der Waals surface area contributed by atoms with Gasteiger partial charge in [0, 0.05) is 48.0 Å². The van der Waals surface area contributed by atoms with Gasteiger partial charge in [-0.15, -0.1) is 11.3 Å². The smallest absolute Gasteiger partial charge is 0.0555 e. The highest BCUT2D eigenvalue weighted by atomic mass is 32.1. The van der Waals surface area contributed by atoms with Crippen molar-refractivity contribution in [2.45, 2.75) is 0 Å². The Morgan fingerprint density at radius 1 is 0.373 bits per heavy atom. The average Bonchev–Trinajstić information content (AvgIpc) is 3.86. The first-order valence-electron chi connectivity index (χ1n) is 20.2. The molecule has 12 aromatic rings. The van der Waals surface area contributed by atoms with Gasteiger partial charge < -0.3 is 9.47 Å². The fraction of sp³-hybridized carbons (Fsp3) is 0. The van der Waals surface area contributed by atoms with Crippen LogP contribution in [-0.4, -0.2) is 4.57 Å². The summed E-state index contributed by atoms with van der Waals surface area (Å²) >= 11 is 1.88. The van der Waals surface area contributed by atoms with Crippen LogP contribution in [0.25, 0.3) is 91.5 Å². The maximum absolute atomic E-state index is 2.45. The van der Waals surface area contributed by atoms with Crippen molar-refractivity contribution in [2.75, 3.05) is 4.90 Å². The second-order valence-electron chi connectivity index (χ2n) is 15.3. The summed E-state index contributed by atoms with van der Waals surface area (Å²) in [5.74, 6) is 0.